The van der Waals surface area contributed by atoms with Gasteiger partial charge in [0.15, 0.2) is 11.6 Å². The fourth-order valence-corrected chi connectivity index (χ4v) is 1.27. The van der Waals surface area contributed by atoms with E-state index in [2.05, 4.69) is 0 Å². The summed E-state index contributed by atoms with van der Waals surface area (Å²) in [5.74, 6) is -0.566. The van der Waals surface area contributed by atoms with Gasteiger partial charge in [-0.1, -0.05) is 12.1 Å². The zero-order valence-corrected chi connectivity index (χ0v) is 10.0. The quantitative estimate of drug-likeness (QED) is 0.807. The van der Waals surface area contributed by atoms with Gasteiger partial charge in [-0.05, 0) is 26.1 Å². The van der Waals surface area contributed by atoms with Gasteiger partial charge in [-0.25, -0.2) is 4.39 Å². The van der Waals surface area contributed by atoms with E-state index >= 15 is 0 Å². The largest absolute Gasteiger partial charge is 0.489 e. The third-order valence-electron chi connectivity index (χ3n) is 2.61. The summed E-state index contributed by atoms with van der Waals surface area (Å²) in [6.07, 6.45) is 0. The van der Waals surface area contributed by atoms with Crippen LogP contribution < -0.4 is 10.5 Å². The molecule has 1 aromatic carbocycles. The molecular formula is C12H17FN2O2. The van der Waals surface area contributed by atoms with Crippen molar-refractivity contribution in [3.63, 3.8) is 0 Å². The Hall–Kier alpha value is -1.62. The van der Waals surface area contributed by atoms with Gasteiger partial charge in [0, 0.05) is 6.54 Å². The summed E-state index contributed by atoms with van der Waals surface area (Å²) in [5.41, 5.74) is 5.16. The van der Waals surface area contributed by atoms with Crippen LogP contribution >= 0.6 is 0 Å². The van der Waals surface area contributed by atoms with Crippen LogP contribution in [0, 0.1) is 5.82 Å². The third-order valence-corrected chi connectivity index (χ3v) is 2.61. The summed E-state index contributed by atoms with van der Waals surface area (Å²) in [6, 6.07) is 5.84. The van der Waals surface area contributed by atoms with Crippen LogP contribution in [0.5, 0.6) is 5.75 Å². The fraction of sp³-hybridized carbons (Fsp3) is 0.417. The molecule has 0 spiro atoms. The molecule has 0 saturated carbocycles. The second kappa shape index (κ2) is 6.20. The monoisotopic (exact) mass is 240 g/mol. The van der Waals surface area contributed by atoms with Gasteiger partial charge in [0.1, 0.15) is 6.61 Å². The maximum Gasteiger partial charge on any atom is 0.234 e. The molecule has 1 unspecified atom stereocenters. The van der Waals surface area contributed by atoms with Gasteiger partial charge in [-0.2, -0.15) is 0 Å². The number of likely N-dealkylation sites (N-methyl/N-ethyl adjacent to an activating group) is 1. The van der Waals surface area contributed by atoms with E-state index < -0.39 is 11.7 Å². The average molecular weight is 240 g/mol. The van der Waals surface area contributed by atoms with Gasteiger partial charge >= 0.3 is 0 Å². The first kappa shape index (κ1) is 13.4. The number of rotatable bonds is 6. The van der Waals surface area contributed by atoms with Gasteiger partial charge in [0.05, 0.1) is 6.04 Å². The number of amides is 1. The molecule has 5 heteroatoms. The number of ether oxygens (including phenoxy) is 1. The first-order valence-corrected chi connectivity index (χ1v) is 5.39. The minimum atomic E-state index is -0.391. The van der Waals surface area contributed by atoms with Crippen LogP contribution in [-0.2, 0) is 4.79 Å². The second-order valence-electron chi connectivity index (χ2n) is 3.84. The molecule has 4 nitrogen and oxygen atoms in total. The molecule has 2 N–H and O–H groups in total. The van der Waals surface area contributed by atoms with Crippen LogP contribution in [-0.4, -0.2) is 37.0 Å². The summed E-state index contributed by atoms with van der Waals surface area (Å²) in [5, 5.41) is 0. The summed E-state index contributed by atoms with van der Waals surface area (Å²) < 4.78 is 18.5. The van der Waals surface area contributed by atoms with Crippen LogP contribution in [0.15, 0.2) is 24.3 Å². The lowest BCUT2D eigenvalue weighted by Gasteiger charge is -2.21. The number of nitrogens with zero attached hydrogens (tertiary/aromatic N) is 1. The lowest BCUT2D eigenvalue weighted by atomic mass is 10.3. The molecule has 0 saturated heterocycles. The minimum absolute atomic E-state index is 0.215. The van der Waals surface area contributed by atoms with E-state index in [-0.39, 0.29) is 11.8 Å². The number of halogens is 1. The summed E-state index contributed by atoms with van der Waals surface area (Å²) in [6.45, 7) is 2.51. The SMILES string of the molecule is CC(C(N)=O)N(C)CCOc1ccccc1F. The normalized spacial score (nSPS) is 12.5. The maximum atomic E-state index is 13.2. The first-order chi connectivity index (χ1) is 8.02. The Morgan fingerprint density at radius 1 is 1.53 bits per heavy atom. The second-order valence-corrected chi connectivity index (χ2v) is 3.84. The van der Waals surface area contributed by atoms with Crippen LogP contribution in [0.3, 0.4) is 0 Å². The number of para-hydroxylation sites is 1. The van der Waals surface area contributed by atoms with Crippen LogP contribution in [0.25, 0.3) is 0 Å². The molecule has 1 rings (SSSR count). The molecule has 0 radical (unpaired) electrons. The Kier molecular flexibility index (Phi) is 4.90. The van der Waals surface area contributed by atoms with Gasteiger partial charge in [0.25, 0.3) is 0 Å². The van der Waals surface area contributed by atoms with E-state index in [1.807, 2.05) is 0 Å². The van der Waals surface area contributed by atoms with Crippen molar-refractivity contribution in [2.75, 3.05) is 20.2 Å². The van der Waals surface area contributed by atoms with Crippen molar-refractivity contribution in [3.8, 4) is 5.75 Å². The highest BCUT2D eigenvalue weighted by Gasteiger charge is 2.14. The number of carbonyl (C=O) groups is 1. The van der Waals surface area contributed by atoms with Crippen molar-refractivity contribution in [1.29, 1.82) is 0 Å². The van der Waals surface area contributed by atoms with Crippen molar-refractivity contribution in [2.45, 2.75) is 13.0 Å². The molecule has 0 aliphatic heterocycles. The molecule has 0 aromatic heterocycles. The Balaban J connectivity index is 2.38. The van der Waals surface area contributed by atoms with Gasteiger partial charge in [-0.3, -0.25) is 9.69 Å². The summed E-state index contributed by atoms with van der Waals surface area (Å²) in [7, 11) is 1.76. The van der Waals surface area contributed by atoms with Gasteiger partial charge < -0.3 is 10.5 Å². The highest BCUT2D eigenvalue weighted by molar-refractivity contribution is 5.79. The maximum absolute atomic E-state index is 13.2. The van der Waals surface area contributed by atoms with Crippen LogP contribution in [0.4, 0.5) is 4.39 Å². The Bertz CT molecular complexity index is 385. The van der Waals surface area contributed by atoms with Crippen molar-refractivity contribution in [2.24, 2.45) is 5.73 Å². The third kappa shape index (κ3) is 4.03. The number of primary amides is 1. The van der Waals surface area contributed by atoms with Crippen molar-refractivity contribution in [3.05, 3.63) is 30.1 Å². The smallest absolute Gasteiger partial charge is 0.234 e. The first-order valence-electron chi connectivity index (χ1n) is 5.39. The molecule has 0 heterocycles. The average Bonchev–Trinajstić information content (AvgIpc) is 2.30. The molecule has 94 valence electrons. The van der Waals surface area contributed by atoms with Gasteiger partial charge in [-0.15, -0.1) is 0 Å². The van der Waals surface area contributed by atoms with Crippen molar-refractivity contribution < 1.29 is 13.9 Å². The summed E-state index contributed by atoms with van der Waals surface area (Å²) >= 11 is 0. The van der Waals surface area contributed by atoms with E-state index in [0.717, 1.165) is 0 Å². The zero-order chi connectivity index (χ0) is 12.8. The molecule has 1 atom stereocenters. The lowest BCUT2D eigenvalue weighted by Crippen LogP contribution is -2.42. The highest BCUT2D eigenvalue weighted by Crippen LogP contribution is 2.15. The van der Waals surface area contributed by atoms with E-state index in [0.29, 0.717) is 13.2 Å². The lowest BCUT2D eigenvalue weighted by molar-refractivity contribution is -0.122. The van der Waals surface area contributed by atoms with E-state index in [1.54, 1.807) is 37.1 Å². The Labute approximate surface area is 100 Å². The van der Waals surface area contributed by atoms with Crippen LogP contribution in [0.1, 0.15) is 6.92 Å². The number of hydrogen-bond donors (Lipinski definition) is 1. The Morgan fingerprint density at radius 3 is 2.76 bits per heavy atom. The van der Waals surface area contributed by atoms with E-state index in [4.69, 9.17) is 10.5 Å². The molecule has 0 fully saturated rings. The number of benzene rings is 1. The highest BCUT2D eigenvalue weighted by atomic mass is 19.1. The van der Waals surface area contributed by atoms with E-state index in [9.17, 15) is 9.18 Å². The fourth-order valence-electron chi connectivity index (χ4n) is 1.27. The molecule has 0 aliphatic rings. The predicted octanol–water partition coefficient (Wildman–Crippen LogP) is 1.01. The molecule has 1 aromatic rings. The standard InChI is InChI=1S/C12H17FN2O2/c1-9(12(14)16)15(2)7-8-17-11-6-4-3-5-10(11)13/h3-6,9H,7-8H2,1-2H3,(H2,14,16). The molecule has 0 bridgehead atoms. The molecule has 1 amide bonds. The predicted molar refractivity (Wildman–Crippen MR) is 63.2 cm³/mol. The summed E-state index contributed by atoms with van der Waals surface area (Å²) in [4.78, 5) is 12.7. The molecule has 17 heavy (non-hydrogen) atoms. The number of hydrogen-bond acceptors (Lipinski definition) is 3. The van der Waals surface area contributed by atoms with Crippen molar-refractivity contribution >= 4 is 5.91 Å². The number of carbonyl (C=O) groups excluding carboxylic acids is 1. The van der Waals surface area contributed by atoms with E-state index in [1.165, 1.54) is 6.07 Å². The molecule has 0 aliphatic carbocycles. The topological polar surface area (TPSA) is 55.6 Å². The van der Waals surface area contributed by atoms with Gasteiger partial charge in [0.2, 0.25) is 5.91 Å². The minimum Gasteiger partial charge on any atom is -0.489 e. The Morgan fingerprint density at radius 2 is 2.18 bits per heavy atom. The van der Waals surface area contributed by atoms with Crippen LogP contribution in [0.2, 0.25) is 0 Å². The van der Waals surface area contributed by atoms with Crippen molar-refractivity contribution in [1.82, 2.24) is 4.90 Å². The number of nitrogens with two attached hydrogens (primary N) is 1. The molecular weight excluding hydrogens is 223 g/mol. The zero-order valence-electron chi connectivity index (χ0n) is 10.0.